The molecule has 6 saturated carbocycles. The maximum Gasteiger partial charge on any atom is 0.303 e. The topological polar surface area (TPSA) is 216 Å². The predicted octanol–water partition coefficient (Wildman–Crippen LogP) is 8.00. The van der Waals surface area contributed by atoms with Gasteiger partial charge in [-0.2, -0.15) is 0 Å². The van der Waals surface area contributed by atoms with Crippen LogP contribution in [0.25, 0.3) is 0 Å². The number of ether oxygens (including phenoxy) is 7. The van der Waals surface area contributed by atoms with Gasteiger partial charge in [0.2, 0.25) is 5.91 Å². The third kappa shape index (κ3) is 11.0. The fourth-order valence-electron chi connectivity index (χ4n) is 17.9. The van der Waals surface area contributed by atoms with E-state index in [2.05, 4.69) is 60.7 Å². The third-order valence-electron chi connectivity index (χ3n) is 20.1. The zero-order chi connectivity index (χ0) is 53.7. The van der Waals surface area contributed by atoms with Crippen molar-refractivity contribution in [2.24, 2.45) is 68.5 Å². The van der Waals surface area contributed by atoms with Gasteiger partial charge in [0.25, 0.3) is 0 Å². The molecule has 16 heteroatoms. The SMILES string of the molecule is CC(=O)N[C@@H]1[C@@H](OC(C)=O)[C@H](OC(C)=O)[C@@](O)(COC(C)=O)[C@@H]1OC[C@H](OC(C)=O)[C@@H](OC(C)=O)[C@H](CC[C@@H](C)[C@H]1CC[C@]2(C)[C@H]3CC[C@@H]4[C@@]5(C)C[C@H](C)CC(C)(C)[C@@H]5CC[C@@]4(C)[C@]3(C)CC[C@@H]12)OC(C)=O. The number of hydrogen-bond acceptors (Lipinski definition) is 15. The van der Waals surface area contributed by atoms with Gasteiger partial charge in [-0.05, 0) is 146 Å². The van der Waals surface area contributed by atoms with Crippen LogP contribution in [0.3, 0.4) is 0 Å². The van der Waals surface area contributed by atoms with Crippen LogP contribution in [-0.4, -0.2) is 108 Å². The van der Waals surface area contributed by atoms with Crippen molar-refractivity contribution >= 4 is 41.7 Å². The van der Waals surface area contributed by atoms with E-state index in [1.807, 2.05) is 0 Å². The number of fused-ring (bicyclic) bond motifs is 7. The maximum atomic E-state index is 13.0. The molecule has 1 amide bonds. The van der Waals surface area contributed by atoms with Gasteiger partial charge in [-0.25, -0.2) is 0 Å². The lowest BCUT2D eigenvalue weighted by atomic mass is 9.31. The van der Waals surface area contributed by atoms with E-state index in [4.69, 9.17) is 33.2 Å². The Bertz CT molecular complexity index is 2060. The van der Waals surface area contributed by atoms with E-state index in [9.17, 15) is 38.7 Å². The molecule has 0 radical (unpaired) electrons. The van der Waals surface area contributed by atoms with Crippen molar-refractivity contribution in [1.82, 2.24) is 5.32 Å². The molecule has 0 unspecified atom stereocenters. The minimum Gasteiger partial charge on any atom is -0.463 e. The zero-order valence-electron chi connectivity index (χ0n) is 46.1. The smallest absolute Gasteiger partial charge is 0.303 e. The van der Waals surface area contributed by atoms with Crippen molar-refractivity contribution in [1.29, 1.82) is 0 Å². The lowest BCUT2D eigenvalue weighted by molar-refractivity contribution is -0.245. The fraction of sp³-hybridized carbons (Fsp3) is 0.875. The second-order valence-corrected chi connectivity index (χ2v) is 25.3. The van der Waals surface area contributed by atoms with Crippen LogP contribution in [0, 0.1) is 68.5 Å². The van der Waals surface area contributed by atoms with Gasteiger partial charge in [0.1, 0.15) is 18.8 Å². The minimum absolute atomic E-state index is 0.180. The lowest BCUT2D eigenvalue weighted by Crippen LogP contribution is -2.66. The molecule has 19 atom stereocenters. The summed E-state index contributed by atoms with van der Waals surface area (Å²) >= 11 is 0. The van der Waals surface area contributed by atoms with Gasteiger partial charge >= 0.3 is 35.8 Å². The zero-order valence-corrected chi connectivity index (χ0v) is 46.1. The molecule has 0 aromatic carbocycles. The van der Waals surface area contributed by atoms with Crippen LogP contribution in [0.4, 0.5) is 0 Å². The van der Waals surface area contributed by atoms with Crippen molar-refractivity contribution < 1.29 is 71.8 Å². The second-order valence-electron chi connectivity index (χ2n) is 25.3. The largest absolute Gasteiger partial charge is 0.463 e. The molecule has 72 heavy (non-hydrogen) atoms. The van der Waals surface area contributed by atoms with Gasteiger partial charge in [-0.1, -0.05) is 55.4 Å². The number of carbonyl (C=O) groups excluding carboxylic acids is 7. The average molecular weight is 1020 g/mol. The molecule has 0 saturated heterocycles. The standard InChI is InChI=1S/C56H89NO15/c1-30-26-51(10,11)43-22-25-55(15)45(53(43,13)27-30)19-18-44-52(12)23-20-39(40(52)21-24-54(44,55)14)31(2)16-17-41(68-34(5)60)47(70-36(7)62)42(69-35(6)61)28-66-49-46(57-32(3)58)48(71-37(8)63)50(72-38(9)64)56(49,65)29-67-33(4)59/h30-31,39-50,65H,16-29H2,1-15H3,(H,57,58)/t30-,31-,39-,40+,41+,42+,43+,44-,45-,46-,47+,48-,49-,50+,52+,53+,54-,55-,56-/m1/s1. The summed E-state index contributed by atoms with van der Waals surface area (Å²) in [7, 11) is 0. The van der Waals surface area contributed by atoms with Crippen LogP contribution < -0.4 is 5.32 Å². The van der Waals surface area contributed by atoms with Gasteiger partial charge in [0, 0.05) is 48.5 Å². The van der Waals surface area contributed by atoms with Crippen molar-refractivity contribution in [3.63, 3.8) is 0 Å². The van der Waals surface area contributed by atoms with E-state index in [0.717, 1.165) is 52.4 Å². The number of esters is 6. The number of nitrogens with one attached hydrogen (secondary N) is 1. The normalized spacial score (nSPS) is 40.2. The molecular weight excluding hydrogens is 927 g/mol. The van der Waals surface area contributed by atoms with E-state index in [-0.39, 0.29) is 28.6 Å². The molecule has 0 bridgehead atoms. The van der Waals surface area contributed by atoms with Gasteiger partial charge in [-0.3, -0.25) is 33.6 Å². The quantitative estimate of drug-likeness (QED) is 0.104. The second kappa shape index (κ2) is 21.4. The van der Waals surface area contributed by atoms with Crippen LogP contribution in [0.5, 0.6) is 0 Å². The predicted molar refractivity (Wildman–Crippen MR) is 264 cm³/mol. The number of rotatable bonds is 17. The molecule has 0 heterocycles. The first-order valence-electron chi connectivity index (χ1n) is 26.9. The number of aliphatic hydroxyl groups is 1. The van der Waals surface area contributed by atoms with Crippen LogP contribution in [0.1, 0.15) is 181 Å². The molecule has 408 valence electrons. The molecule has 0 aliphatic heterocycles. The number of hydrogen-bond donors (Lipinski definition) is 2. The Morgan fingerprint density at radius 1 is 0.611 bits per heavy atom. The van der Waals surface area contributed by atoms with Crippen LogP contribution in [0.2, 0.25) is 0 Å². The van der Waals surface area contributed by atoms with Crippen molar-refractivity contribution in [2.75, 3.05) is 13.2 Å². The first-order chi connectivity index (χ1) is 33.3. The Balaban J connectivity index is 1.24. The molecule has 16 nitrogen and oxygen atoms in total. The lowest BCUT2D eigenvalue weighted by Gasteiger charge is -2.73. The summed E-state index contributed by atoms with van der Waals surface area (Å²) in [6.07, 6.45) is 4.30. The first kappa shape index (κ1) is 57.5. The van der Waals surface area contributed by atoms with Crippen molar-refractivity contribution in [3.05, 3.63) is 0 Å². The minimum atomic E-state index is -2.47. The Hall–Kier alpha value is -3.79. The summed E-state index contributed by atoms with van der Waals surface area (Å²) in [5.41, 5.74) is -1.08. The number of amides is 1. The number of carbonyl (C=O) groups is 7. The highest BCUT2D eigenvalue weighted by Gasteiger charge is 2.71. The first-order valence-corrected chi connectivity index (χ1v) is 26.9. The molecular formula is C56H89NO15. The summed E-state index contributed by atoms with van der Waals surface area (Å²) in [5.74, 6) is -1.50. The van der Waals surface area contributed by atoms with Gasteiger partial charge in [0.05, 0.1) is 12.6 Å². The summed E-state index contributed by atoms with van der Waals surface area (Å²) in [6, 6.07) is -1.43. The van der Waals surface area contributed by atoms with Gasteiger partial charge < -0.3 is 43.6 Å². The van der Waals surface area contributed by atoms with E-state index in [1.165, 1.54) is 72.1 Å². The Labute approximate surface area is 428 Å². The monoisotopic (exact) mass is 1020 g/mol. The third-order valence-corrected chi connectivity index (χ3v) is 20.1. The highest BCUT2D eigenvalue weighted by Crippen LogP contribution is 2.78. The Morgan fingerprint density at radius 3 is 1.74 bits per heavy atom. The van der Waals surface area contributed by atoms with E-state index in [1.54, 1.807) is 0 Å². The van der Waals surface area contributed by atoms with Gasteiger partial charge in [0.15, 0.2) is 30.0 Å². The van der Waals surface area contributed by atoms with Crippen molar-refractivity contribution in [2.45, 2.75) is 229 Å². The molecule has 6 fully saturated rings. The van der Waals surface area contributed by atoms with Crippen LogP contribution in [0.15, 0.2) is 0 Å². The summed E-state index contributed by atoms with van der Waals surface area (Å²) in [6.45, 7) is 26.9. The van der Waals surface area contributed by atoms with Crippen LogP contribution in [-0.2, 0) is 66.7 Å². The molecule has 6 aliphatic rings. The molecule has 2 N–H and O–H groups in total. The maximum absolute atomic E-state index is 13.0. The van der Waals surface area contributed by atoms with E-state index < -0.39 is 103 Å². The molecule has 0 aromatic rings. The Kier molecular flexibility index (Phi) is 17.1. The van der Waals surface area contributed by atoms with Crippen molar-refractivity contribution in [3.8, 4) is 0 Å². The molecule has 6 rings (SSSR count). The molecule has 0 aromatic heterocycles. The average Bonchev–Trinajstić information content (AvgIpc) is 3.68. The summed E-state index contributed by atoms with van der Waals surface area (Å²) < 4.78 is 40.2. The summed E-state index contributed by atoms with van der Waals surface area (Å²) in [4.78, 5) is 88.5. The highest BCUT2D eigenvalue weighted by atomic mass is 16.6. The van der Waals surface area contributed by atoms with Crippen LogP contribution >= 0.6 is 0 Å². The van der Waals surface area contributed by atoms with E-state index >= 15 is 0 Å². The highest BCUT2D eigenvalue weighted by molar-refractivity contribution is 5.74. The van der Waals surface area contributed by atoms with E-state index in [0.29, 0.717) is 40.9 Å². The molecule has 0 spiro atoms. The molecule has 6 aliphatic carbocycles. The summed E-state index contributed by atoms with van der Waals surface area (Å²) in [5, 5.41) is 15.0. The fourth-order valence-corrected chi connectivity index (χ4v) is 17.9. The van der Waals surface area contributed by atoms with Gasteiger partial charge in [-0.15, -0.1) is 0 Å². The Morgan fingerprint density at radius 2 is 1.18 bits per heavy atom.